The van der Waals surface area contributed by atoms with Crippen LogP contribution in [0.5, 0.6) is 0 Å². The molecule has 2 heterocycles. The fourth-order valence-corrected chi connectivity index (χ4v) is 2.24. The molecule has 12 heavy (non-hydrogen) atoms. The van der Waals surface area contributed by atoms with Gasteiger partial charge in [-0.1, -0.05) is 11.6 Å². The summed E-state index contributed by atoms with van der Waals surface area (Å²) in [5.41, 5.74) is 2.39. The molecular formula is C9H8ClNS. The van der Waals surface area contributed by atoms with Crippen molar-refractivity contribution in [1.29, 1.82) is 0 Å². The third-order valence-corrected chi connectivity index (χ3v) is 3.08. The van der Waals surface area contributed by atoms with Crippen molar-refractivity contribution in [3.63, 3.8) is 0 Å². The Labute approximate surface area is 80.4 Å². The van der Waals surface area contributed by atoms with Gasteiger partial charge in [-0.05, 0) is 30.7 Å². The second-order valence-corrected chi connectivity index (χ2v) is 4.45. The summed E-state index contributed by atoms with van der Waals surface area (Å²) >= 11 is 7.44. The first-order chi connectivity index (χ1) is 5.75. The Hall–Kier alpha value is -0.600. The summed E-state index contributed by atoms with van der Waals surface area (Å²) in [5.74, 6) is 0. The zero-order chi connectivity index (χ0) is 8.55. The van der Waals surface area contributed by atoms with Crippen LogP contribution in [0.15, 0.2) is 23.2 Å². The van der Waals surface area contributed by atoms with Gasteiger partial charge in [-0.2, -0.15) is 0 Å². The fraction of sp³-hybridized carbons (Fsp3) is 0.222. The summed E-state index contributed by atoms with van der Waals surface area (Å²) < 4.78 is 0.843. The highest BCUT2D eigenvalue weighted by Gasteiger charge is 2.08. The molecule has 0 saturated carbocycles. The van der Waals surface area contributed by atoms with E-state index in [-0.39, 0.29) is 0 Å². The van der Waals surface area contributed by atoms with Gasteiger partial charge in [0.05, 0.1) is 10.9 Å². The molecule has 1 aliphatic heterocycles. The first kappa shape index (κ1) is 8.02. The van der Waals surface area contributed by atoms with E-state index in [2.05, 4.69) is 11.1 Å². The molecule has 3 heteroatoms. The van der Waals surface area contributed by atoms with Crippen LogP contribution in [-0.4, -0.2) is 12.3 Å². The van der Waals surface area contributed by atoms with Crippen molar-refractivity contribution >= 4 is 34.2 Å². The Balaban J connectivity index is 2.29. The van der Waals surface area contributed by atoms with Crippen molar-refractivity contribution in [2.24, 2.45) is 4.99 Å². The number of aliphatic imine (C=N–C) groups is 1. The van der Waals surface area contributed by atoms with Crippen LogP contribution in [0, 0.1) is 0 Å². The maximum absolute atomic E-state index is 5.83. The van der Waals surface area contributed by atoms with E-state index in [9.17, 15) is 0 Å². The van der Waals surface area contributed by atoms with Crippen LogP contribution in [0.3, 0.4) is 0 Å². The number of thiophene rings is 1. The second kappa shape index (κ2) is 3.04. The summed E-state index contributed by atoms with van der Waals surface area (Å²) in [6.45, 7) is 2.82. The van der Waals surface area contributed by atoms with E-state index in [4.69, 9.17) is 11.6 Å². The number of rotatable bonds is 1. The quantitative estimate of drug-likeness (QED) is 0.656. The van der Waals surface area contributed by atoms with Gasteiger partial charge < -0.3 is 0 Å². The van der Waals surface area contributed by atoms with Crippen molar-refractivity contribution < 1.29 is 0 Å². The highest BCUT2D eigenvalue weighted by atomic mass is 35.5. The number of allylic oxidation sites excluding steroid dienone is 1. The molecule has 0 atom stereocenters. The van der Waals surface area contributed by atoms with Crippen LogP contribution in [-0.2, 0) is 0 Å². The highest BCUT2D eigenvalue weighted by Crippen LogP contribution is 2.29. The van der Waals surface area contributed by atoms with E-state index in [0.717, 1.165) is 16.6 Å². The standard InChI is InChI=1S/C9H8ClNS/c1-6-4-7(5-11-6)8-2-3-9(10)12-8/h2-4H,5H2,1H3. The van der Waals surface area contributed by atoms with Gasteiger partial charge in [0.25, 0.3) is 0 Å². The minimum Gasteiger partial charge on any atom is -0.285 e. The Bertz CT molecular complexity index is 362. The lowest BCUT2D eigenvalue weighted by Crippen LogP contribution is -1.77. The third kappa shape index (κ3) is 1.45. The number of hydrogen-bond donors (Lipinski definition) is 0. The topological polar surface area (TPSA) is 12.4 Å². The van der Waals surface area contributed by atoms with Crippen molar-refractivity contribution in [3.05, 3.63) is 27.4 Å². The Morgan fingerprint density at radius 1 is 1.50 bits per heavy atom. The van der Waals surface area contributed by atoms with Crippen molar-refractivity contribution in [2.75, 3.05) is 6.54 Å². The van der Waals surface area contributed by atoms with Crippen LogP contribution in [0.2, 0.25) is 4.34 Å². The Kier molecular flexibility index (Phi) is 2.03. The van der Waals surface area contributed by atoms with Crippen LogP contribution in [0.4, 0.5) is 0 Å². The smallest absolute Gasteiger partial charge is 0.0934 e. The predicted octanol–water partition coefficient (Wildman–Crippen LogP) is 3.26. The maximum atomic E-state index is 5.83. The largest absolute Gasteiger partial charge is 0.285 e. The molecule has 0 fully saturated rings. The maximum Gasteiger partial charge on any atom is 0.0934 e. The van der Waals surface area contributed by atoms with E-state index in [1.54, 1.807) is 11.3 Å². The minimum absolute atomic E-state index is 0.808. The molecule has 62 valence electrons. The molecule has 0 N–H and O–H groups in total. The highest BCUT2D eigenvalue weighted by molar-refractivity contribution is 7.17. The molecule has 2 rings (SSSR count). The van der Waals surface area contributed by atoms with Gasteiger partial charge in [0.2, 0.25) is 0 Å². The molecule has 1 aliphatic rings. The zero-order valence-electron chi connectivity index (χ0n) is 6.67. The third-order valence-electron chi connectivity index (χ3n) is 1.77. The molecular weight excluding hydrogens is 190 g/mol. The molecule has 0 radical (unpaired) electrons. The van der Waals surface area contributed by atoms with E-state index in [0.29, 0.717) is 0 Å². The molecule has 1 aromatic rings. The first-order valence-corrected chi connectivity index (χ1v) is 4.92. The van der Waals surface area contributed by atoms with Crippen LogP contribution < -0.4 is 0 Å². The first-order valence-electron chi connectivity index (χ1n) is 3.73. The molecule has 0 amide bonds. The zero-order valence-corrected chi connectivity index (χ0v) is 8.25. The predicted molar refractivity (Wildman–Crippen MR) is 55.3 cm³/mol. The van der Waals surface area contributed by atoms with Gasteiger partial charge in [0, 0.05) is 10.6 Å². The van der Waals surface area contributed by atoms with Gasteiger partial charge in [-0.15, -0.1) is 11.3 Å². The van der Waals surface area contributed by atoms with Crippen molar-refractivity contribution in [3.8, 4) is 0 Å². The second-order valence-electron chi connectivity index (χ2n) is 2.73. The minimum atomic E-state index is 0.808. The Morgan fingerprint density at radius 3 is 2.83 bits per heavy atom. The Morgan fingerprint density at radius 2 is 2.33 bits per heavy atom. The molecule has 0 saturated heterocycles. The van der Waals surface area contributed by atoms with E-state index in [1.165, 1.54) is 10.5 Å². The van der Waals surface area contributed by atoms with Gasteiger partial charge in [0.1, 0.15) is 0 Å². The van der Waals surface area contributed by atoms with E-state index < -0.39 is 0 Å². The lowest BCUT2D eigenvalue weighted by molar-refractivity contribution is 1.30. The molecule has 0 bridgehead atoms. The molecule has 0 spiro atoms. The summed E-state index contributed by atoms with van der Waals surface area (Å²) in [7, 11) is 0. The molecule has 0 aromatic carbocycles. The van der Waals surface area contributed by atoms with Gasteiger partial charge >= 0.3 is 0 Å². The summed E-state index contributed by atoms with van der Waals surface area (Å²) in [6, 6.07) is 3.98. The normalized spacial score (nSPS) is 16.2. The average Bonchev–Trinajstić information content (AvgIpc) is 2.58. The monoisotopic (exact) mass is 197 g/mol. The molecule has 0 unspecified atom stereocenters. The van der Waals surface area contributed by atoms with Crippen LogP contribution in [0.25, 0.3) is 5.57 Å². The van der Waals surface area contributed by atoms with Gasteiger partial charge in [0.15, 0.2) is 0 Å². The van der Waals surface area contributed by atoms with E-state index >= 15 is 0 Å². The number of hydrogen-bond acceptors (Lipinski definition) is 2. The molecule has 0 aliphatic carbocycles. The van der Waals surface area contributed by atoms with Gasteiger partial charge in [-0.3, -0.25) is 4.99 Å². The lowest BCUT2D eigenvalue weighted by atomic mass is 10.2. The van der Waals surface area contributed by atoms with Crippen LogP contribution in [0.1, 0.15) is 11.8 Å². The number of nitrogens with zero attached hydrogens (tertiary/aromatic N) is 1. The number of halogens is 1. The fourth-order valence-electron chi connectivity index (χ4n) is 1.19. The summed E-state index contributed by atoms with van der Waals surface area (Å²) in [5, 5.41) is 0. The molecule has 1 nitrogen and oxygen atoms in total. The van der Waals surface area contributed by atoms with E-state index in [1.807, 2.05) is 19.1 Å². The SMILES string of the molecule is CC1=NCC(c2ccc(Cl)s2)=C1. The molecule has 1 aromatic heterocycles. The summed E-state index contributed by atoms with van der Waals surface area (Å²) in [4.78, 5) is 5.53. The summed E-state index contributed by atoms with van der Waals surface area (Å²) in [6.07, 6.45) is 2.11. The van der Waals surface area contributed by atoms with Crippen LogP contribution >= 0.6 is 22.9 Å². The van der Waals surface area contributed by atoms with Crippen molar-refractivity contribution in [2.45, 2.75) is 6.92 Å². The lowest BCUT2D eigenvalue weighted by Gasteiger charge is -1.92. The van der Waals surface area contributed by atoms with Gasteiger partial charge in [-0.25, -0.2) is 0 Å². The van der Waals surface area contributed by atoms with Crippen molar-refractivity contribution in [1.82, 2.24) is 0 Å². The average molecular weight is 198 g/mol.